The van der Waals surface area contributed by atoms with Crippen molar-refractivity contribution in [1.82, 2.24) is 0 Å². The van der Waals surface area contributed by atoms with Crippen molar-refractivity contribution in [3.63, 3.8) is 0 Å². The maximum Gasteiger partial charge on any atom is 0.442 e. The van der Waals surface area contributed by atoms with Crippen LogP contribution < -0.4 is 0 Å². The third-order valence-electron chi connectivity index (χ3n) is 2.37. The lowest BCUT2D eigenvalue weighted by molar-refractivity contribution is 0.264. The van der Waals surface area contributed by atoms with Crippen molar-refractivity contribution in [2.75, 3.05) is 14.2 Å². The first-order chi connectivity index (χ1) is 6.54. The van der Waals surface area contributed by atoms with Gasteiger partial charge in [0.1, 0.15) is 0 Å². The van der Waals surface area contributed by atoms with E-state index < -0.39 is 7.87 Å². The fourth-order valence-electron chi connectivity index (χ4n) is 1.35. The molecule has 0 aliphatic carbocycles. The van der Waals surface area contributed by atoms with Crippen LogP contribution in [0.5, 0.6) is 0 Å². The van der Waals surface area contributed by atoms with Crippen LogP contribution in [0.2, 0.25) is 6.04 Å². The lowest BCUT2D eigenvalue weighted by Gasteiger charge is -2.19. The average Bonchev–Trinajstić information content (AvgIpc) is 2.16. The highest BCUT2D eigenvalue weighted by atomic mass is 35.6. The second-order valence-corrected chi connectivity index (χ2v) is 8.43. The van der Waals surface area contributed by atoms with E-state index in [9.17, 15) is 0 Å². The molecular formula is C10H23ClO2Si. The lowest BCUT2D eigenvalue weighted by atomic mass is 10.1. The Bertz CT molecular complexity index is 138. The van der Waals surface area contributed by atoms with E-state index >= 15 is 0 Å². The fourth-order valence-corrected chi connectivity index (χ4v) is 3.00. The maximum atomic E-state index is 6.14. The van der Waals surface area contributed by atoms with Crippen LogP contribution in [0.15, 0.2) is 0 Å². The van der Waals surface area contributed by atoms with Gasteiger partial charge >= 0.3 is 7.87 Å². The summed E-state index contributed by atoms with van der Waals surface area (Å²) < 4.78 is 10.4. The van der Waals surface area contributed by atoms with Crippen molar-refractivity contribution in [3.8, 4) is 0 Å². The third kappa shape index (κ3) is 6.82. The summed E-state index contributed by atoms with van der Waals surface area (Å²) in [6, 6.07) is 0.889. The van der Waals surface area contributed by atoms with E-state index in [0.29, 0.717) is 0 Å². The number of unbranched alkanes of at least 4 members (excludes halogenated alkanes) is 2. The monoisotopic (exact) mass is 238 g/mol. The smallest absolute Gasteiger partial charge is 0.386 e. The average molecular weight is 239 g/mol. The molecule has 0 amide bonds. The summed E-state index contributed by atoms with van der Waals surface area (Å²) in [5.41, 5.74) is 0. The standard InChI is InChI=1S/C10H23ClO2Si/c1-10(2)8-6-5-7-9-14(11,12-3)13-4/h10H,5-9H2,1-4H3. The van der Waals surface area contributed by atoms with Gasteiger partial charge in [-0.05, 0) is 5.92 Å². The first-order valence-electron chi connectivity index (χ1n) is 5.33. The van der Waals surface area contributed by atoms with Crippen LogP contribution in [0.1, 0.15) is 39.5 Å². The van der Waals surface area contributed by atoms with Crippen LogP contribution in [0.25, 0.3) is 0 Å². The van der Waals surface area contributed by atoms with Crippen LogP contribution in [0.4, 0.5) is 0 Å². The maximum absolute atomic E-state index is 6.14. The van der Waals surface area contributed by atoms with Crippen molar-refractivity contribution in [1.29, 1.82) is 0 Å². The fraction of sp³-hybridized carbons (Fsp3) is 1.00. The number of hydrogen-bond acceptors (Lipinski definition) is 2. The van der Waals surface area contributed by atoms with Gasteiger partial charge in [-0.25, -0.2) is 0 Å². The molecule has 0 aliphatic heterocycles. The molecule has 0 aromatic carbocycles. The highest BCUT2D eigenvalue weighted by Gasteiger charge is 2.32. The van der Waals surface area contributed by atoms with Gasteiger partial charge in [0.05, 0.1) is 0 Å². The van der Waals surface area contributed by atoms with Gasteiger partial charge in [-0.15, -0.1) is 0 Å². The van der Waals surface area contributed by atoms with E-state index in [1.165, 1.54) is 19.3 Å². The third-order valence-corrected chi connectivity index (χ3v) is 6.03. The minimum Gasteiger partial charge on any atom is -0.386 e. The van der Waals surface area contributed by atoms with Gasteiger partial charge in [-0.3, -0.25) is 0 Å². The molecule has 0 aromatic rings. The molecule has 0 saturated carbocycles. The normalized spacial score (nSPS) is 12.4. The predicted octanol–water partition coefficient (Wildman–Crippen LogP) is 3.67. The number of hydrogen-bond donors (Lipinski definition) is 0. The molecule has 2 nitrogen and oxygen atoms in total. The van der Waals surface area contributed by atoms with E-state index in [1.807, 2.05) is 0 Å². The summed E-state index contributed by atoms with van der Waals surface area (Å²) in [5.74, 6) is 0.804. The molecule has 0 saturated heterocycles. The van der Waals surface area contributed by atoms with Crippen LogP contribution in [0.3, 0.4) is 0 Å². The van der Waals surface area contributed by atoms with Gasteiger partial charge in [0.15, 0.2) is 0 Å². The molecule has 0 spiro atoms. The minimum absolute atomic E-state index is 0.804. The second kappa shape index (κ2) is 7.68. The highest BCUT2D eigenvalue weighted by molar-refractivity contribution is 7.12. The molecule has 0 bridgehead atoms. The zero-order chi connectivity index (χ0) is 11.0. The topological polar surface area (TPSA) is 18.5 Å². The number of halogens is 1. The SMILES string of the molecule is CO[Si](Cl)(CCCCCC(C)C)OC. The molecule has 14 heavy (non-hydrogen) atoms. The molecule has 0 unspecified atom stereocenters. The van der Waals surface area contributed by atoms with Crippen LogP contribution in [0, 0.1) is 5.92 Å². The van der Waals surface area contributed by atoms with Gasteiger partial charge < -0.3 is 8.85 Å². The molecule has 4 heteroatoms. The van der Waals surface area contributed by atoms with Crippen molar-refractivity contribution < 1.29 is 8.85 Å². The molecule has 0 aliphatic rings. The molecule has 0 heterocycles. The van der Waals surface area contributed by atoms with E-state index in [1.54, 1.807) is 14.2 Å². The van der Waals surface area contributed by atoms with E-state index in [-0.39, 0.29) is 0 Å². The molecule has 0 aromatic heterocycles. The molecule has 0 atom stereocenters. The Balaban J connectivity index is 3.43. The highest BCUT2D eigenvalue weighted by Crippen LogP contribution is 2.21. The Kier molecular flexibility index (Phi) is 7.92. The van der Waals surface area contributed by atoms with Crippen LogP contribution in [-0.2, 0) is 8.85 Å². The Morgan fingerprint density at radius 3 is 2.07 bits per heavy atom. The summed E-state index contributed by atoms with van der Waals surface area (Å²) in [6.45, 7) is 4.51. The van der Waals surface area contributed by atoms with Crippen molar-refractivity contribution in [3.05, 3.63) is 0 Å². The Labute approximate surface area is 93.9 Å². The predicted molar refractivity (Wildman–Crippen MR) is 63.7 cm³/mol. The summed E-state index contributed by atoms with van der Waals surface area (Å²) in [6.07, 6.45) is 4.93. The first-order valence-corrected chi connectivity index (χ1v) is 8.37. The van der Waals surface area contributed by atoms with Crippen LogP contribution in [-0.4, -0.2) is 22.1 Å². The minimum atomic E-state index is -2.30. The quantitative estimate of drug-likeness (QED) is 0.365. The van der Waals surface area contributed by atoms with Gasteiger partial charge in [-0.1, -0.05) is 50.6 Å². The van der Waals surface area contributed by atoms with E-state index in [4.69, 9.17) is 19.9 Å². The zero-order valence-corrected chi connectivity index (χ0v) is 11.6. The Morgan fingerprint density at radius 2 is 1.64 bits per heavy atom. The molecular weight excluding hydrogens is 216 g/mol. The Hall–Kier alpha value is 0.427. The summed E-state index contributed by atoms with van der Waals surface area (Å²) in [7, 11) is 0.969. The molecule has 86 valence electrons. The van der Waals surface area contributed by atoms with Crippen molar-refractivity contribution in [2.45, 2.75) is 45.6 Å². The van der Waals surface area contributed by atoms with Gasteiger partial charge in [0, 0.05) is 20.3 Å². The van der Waals surface area contributed by atoms with Crippen LogP contribution >= 0.6 is 11.1 Å². The molecule has 0 rings (SSSR count). The summed E-state index contributed by atoms with van der Waals surface area (Å²) >= 11 is 6.14. The Morgan fingerprint density at radius 1 is 1.07 bits per heavy atom. The molecule has 0 fully saturated rings. The number of rotatable bonds is 8. The largest absolute Gasteiger partial charge is 0.442 e. The van der Waals surface area contributed by atoms with E-state index in [2.05, 4.69) is 13.8 Å². The zero-order valence-electron chi connectivity index (χ0n) is 9.81. The molecule has 0 N–H and O–H groups in total. The van der Waals surface area contributed by atoms with Gasteiger partial charge in [0.25, 0.3) is 0 Å². The summed E-state index contributed by atoms with van der Waals surface area (Å²) in [5, 5.41) is 0. The van der Waals surface area contributed by atoms with Gasteiger partial charge in [0.2, 0.25) is 0 Å². The lowest BCUT2D eigenvalue weighted by Crippen LogP contribution is -2.32. The summed E-state index contributed by atoms with van der Waals surface area (Å²) in [4.78, 5) is 0. The van der Waals surface area contributed by atoms with Gasteiger partial charge in [-0.2, -0.15) is 0 Å². The van der Waals surface area contributed by atoms with E-state index in [0.717, 1.165) is 18.4 Å². The van der Waals surface area contributed by atoms with Crippen molar-refractivity contribution >= 4 is 18.9 Å². The van der Waals surface area contributed by atoms with Crippen molar-refractivity contribution in [2.24, 2.45) is 5.92 Å². The molecule has 0 radical (unpaired) electrons. The first kappa shape index (κ1) is 14.4. The second-order valence-electron chi connectivity index (χ2n) is 4.06.